The van der Waals surface area contributed by atoms with E-state index >= 15 is 0 Å². The van der Waals surface area contributed by atoms with Crippen molar-refractivity contribution in [2.75, 3.05) is 0 Å². The van der Waals surface area contributed by atoms with Crippen molar-refractivity contribution in [3.63, 3.8) is 0 Å². The van der Waals surface area contributed by atoms with Crippen LogP contribution in [-0.4, -0.2) is 16.7 Å². The van der Waals surface area contributed by atoms with Crippen molar-refractivity contribution in [3.05, 3.63) is 39.4 Å². The molecule has 1 aromatic rings. The summed E-state index contributed by atoms with van der Waals surface area (Å²) in [4.78, 5) is 32.9. The number of carbonyl (C=O) groups is 2. The molecule has 21 heavy (non-hydrogen) atoms. The highest BCUT2D eigenvalue weighted by Crippen LogP contribution is 2.29. The summed E-state index contributed by atoms with van der Waals surface area (Å²) in [6.07, 6.45) is 0.396. The molecule has 0 fully saturated rings. The molecular formula is C15H19NO5. The number of hydrogen-bond acceptors (Lipinski definition) is 5. The van der Waals surface area contributed by atoms with Gasteiger partial charge in [-0.25, -0.2) is 0 Å². The summed E-state index contributed by atoms with van der Waals surface area (Å²) in [5.41, 5.74) is 1.08. The van der Waals surface area contributed by atoms with Crippen LogP contribution >= 0.6 is 0 Å². The van der Waals surface area contributed by atoms with Gasteiger partial charge in [-0.2, -0.15) is 0 Å². The number of esters is 1. The van der Waals surface area contributed by atoms with E-state index in [1.807, 2.05) is 0 Å². The van der Waals surface area contributed by atoms with Gasteiger partial charge in [0.25, 0.3) is 5.69 Å². The van der Waals surface area contributed by atoms with Gasteiger partial charge in [0, 0.05) is 18.9 Å². The Balaban J connectivity index is 3.05. The standard InChI is InChI=1S/C15H19NO5/c1-4-15(18)21-11(3)13-9-12(6-5-10(2)17)7-8-14(13)16(19)20/h7-9,11H,4-6H2,1-3H3. The second-order valence-corrected chi connectivity index (χ2v) is 4.84. The fourth-order valence-corrected chi connectivity index (χ4v) is 1.92. The maximum absolute atomic E-state index is 11.3. The summed E-state index contributed by atoms with van der Waals surface area (Å²) in [5, 5.41) is 11.1. The van der Waals surface area contributed by atoms with Crippen LogP contribution in [0.1, 0.15) is 50.8 Å². The molecule has 0 aliphatic rings. The lowest BCUT2D eigenvalue weighted by Crippen LogP contribution is -2.10. The lowest BCUT2D eigenvalue weighted by molar-refractivity contribution is -0.386. The van der Waals surface area contributed by atoms with Gasteiger partial charge in [0.15, 0.2) is 0 Å². The SMILES string of the molecule is CCC(=O)OC(C)c1cc(CCC(C)=O)ccc1[N+](=O)[O-]. The van der Waals surface area contributed by atoms with Crippen LogP contribution in [0.4, 0.5) is 5.69 Å². The smallest absolute Gasteiger partial charge is 0.306 e. The number of ether oxygens (including phenoxy) is 1. The van der Waals surface area contributed by atoms with Crippen LogP contribution in [0.25, 0.3) is 0 Å². The molecule has 0 heterocycles. The number of nitro benzene ring substituents is 1. The average molecular weight is 293 g/mol. The van der Waals surface area contributed by atoms with E-state index in [2.05, 4.69) is 0 Å². The lowest BCUT2D eigenvalue weighted by atomic mass is 10.0. The molecule has 0 bridgehead atoms. The van der Waals surface area contributed by atoms with Gasteiger partial charge in [0.05, 0.1) is 10.5 Å². The number of nitro groups is 1. The fourth-order valence-electron chi connectivity index (χ4n) is 1.92. The first-order chi connectivity index (χ1) is 9.85. The van der Waals surface area contributed by atoms with Crippen LogP contribution in [0.2, 0.25) is 0 Å². The highest BCUT2D eigenvalue weighted by atomic mass is 16.6. The zero-order valence-corrected chi connectivity index (χ0v) is 12.4. The summed E-state index contributed by atoms with van der Waals surface area (Å²) in [6.45, 7) is 4.76. The molecule has 0 amide bonds. The molecule has 1 unspecified atom stereocenters. The zero-order chi connectivity index (χ0) is 16.0. The monoisotopic (exact) mass is 293 g/mol. The first-order valence-corrected chi connectivity index (χ1v) is 6.81. The van der Waals surface area contributed by atoms with E-state index in [1.165, 1.54) is 13.0 Å². The molecule has 0 aliphatic heterocycles. The molecule has 0 N–H and O–H groups in total. The van der Waals surface area contributed by atoms with Crippen molar-refractivity contribution in [2.45, 2.75) is 46.1 Å². The molecule has 1 rings (SSSR count). The Morgan fingerprint density at radius 2 is 2.05 bits per heavy atom. The van der Waals surface area contributed by atoms with Crippen LogP contribution in [0.3, 0.4) is 0 Å². The number of ketones is 1. The Hall–Kier alpha value is -2.24. The number of aryl methyl sites for hydroxylation is 1. The molecule has 1 aromatic carbocycles. The Kier molecular flexibility index (Phi) is 6.02. The van der Waals surface area contributed by atoms with Crippen molar-refractivity contribution in [1.29, 1.82) is 0 Å². The normalized spacial score (nSPS) is 11.8. The third-order valence-electron chi connectivity index (χ3n) is 3.09. The van der Waals surface area contributed by atoms with Gasteiger partial charge in [0.1, 0.15) is 11.9 Å². The second-order valence-electron chi connectivity index (χ2n) is 4.84. The van der Waals surface area contributed by atoms with Gasteiger partial charge < -0.3 is 9.53 Å². The minimum atomic E-state index is -0.699. The molecule has 0 saturated carbocycles. The molecule has 1 atom stereocenters. The van der Waals surface area contributed by atoms with Crippen LogP contribution in [0.5, 0.6) is 0 Å². The van der Waals surface area contributed by atoms with Crippen molar-refractivity contribution in [3.8, 4) is 0 Å². The van der Waals surface area contributed by atoms with Crippen LogP contribution in [0.15, 0.2) is 18.2 Å². The number of benzene rings is 1. The van der Waals surface area contributed by atoms with Gasteiger partial charge in [-0.3, -0.25) is 14.9 Å². The predicted molar refractivity (Wildman–Crippen MR) is 76.9 cm³/mol. The quantitative estimate of drug-likeness (QED) is 0.438. The van der Waals surface area contributed by atoms with Crippen molar-refractivity contribution < 1.29 is 19.2 Å². The van der Waals surface area contributed by atoms with E-state index in [1.54, 1.807) is 26.0 Å². The predicted octanol–water partition coefficient (Wildman–Crippen LogP) is 3.13. The zero-order valence-electron chi connectivity index (χ0n) is 12.4. The Morgan fingerprint density at radius 1 is 1.38 bits per heavy atom. The summed E-state index contributed by atoms with van der Waals surface area (Å²) in [5.74, 6) is -0.355. The van der Waals surface area contributed by atoms with E-state index in [4.69, 9.17) is 4.74 Å². The maximum atomic E-state index is 11.3. The van der Waals surface area contributed by atoms with E-state index in [0.717, 1.165) is 5.56 Å². The number of rotatable bonds is 7. The largest absolute Gasteiger partial charge is 0.458 e. The number of carbonyl (C=O) groups excluding carboxylic acids is 2. The summed E-state index contributed by atoms with van der Waals surface area (Å²) in [7, 11) is 0. The number of nitrogens with zero attached hydrogens (tertiary/aromatic N) is 1. The van der Waals surface area contributed by atoms with Crippen LogP contribution < -0.4 is 0 Å². The third-order valence-corrected chi connectivity index (χ3v) is 3.09. The van der Waals surface area contributed by atoms with Gasteiger partial charge in [-0.1, -0.05) is 13.0 Å². The molecule has 0 aliphatic carbocycles. The molecule has 114 valence electrons. The molecule has 6 nitrogen and oxygen atoms in total. The van der Waals surface area contributed by atoms with Crippen LogP contribution in [0, 0.1) is 10.1 Å². The molecular weight excluding hydrogens is 274 g/mol. The van der Waals surface area contributed by atoms with Gasteiger partial charge >= 0.3 is 5.97 Å². The molecule has 0 radical (unpaired) electrons. The Labute approximate surface area is 123 Å². The van der Waals surface area contributed by atoms with E-state index in [0.29, 0.717) is 18.4 Å². The molecule has 6 heteroatoms. The minimum Gasteiger partial charge on any atom is -0.458 e. The molecule has 0 saturated heterocycles. The Morgan fingerprint density at radius 3 is 2.57 bits per heavy atom. The van der Waals surface area contributed by atoms with Gasteiger partial charge in [-0.05, 0) is 31.9 Å². The van der Waals surface area contributed by atoms with E-state index in [9.17, 15) is 19.7 Å². The number of hydrogen-bond donors (Lipinski definition) is 0. The van der Waals surface area contributed by atoms with Crippen LogP contribution in [-0.2, 0) is 20.7 Å². The van der Waals surface area contributed by atoms with Crippen molar-refractivity contribution >= 4 is 17.4 Å². The third kappa shape index (κ3) is 4.98. The van der Waals surface area contributed by atoms with Gasteiger partial charge in [0.2, 0.25) is 0 Å². The topological polar surface area (TPSA) is 86.5 Å². The first-order valence-electron chi connectivity index (χ1n) is 6.81. The summed E-state index contributed by atoms with van der Waals surface area (Å²) >= 11 is 0. The summed E-state index contributed by atoms with van der Waals surface area (Å²) in [6, 6.07) is 4.65. The minimum absolute atomic E-state index is 0.0559. The summed E-state index contributed by atoms with van der Waals surface area (Å²) < 4.78 is 5.15. The first kappa shape index (κ1) is 16.8. The average Bonchev–Trinajstić information content (AvgIpc) is 2.44. The fraction of sp³-hybridized carbons (Fsp3) is 0.467. The molecule has 0 aromatic heterocycles. The highest BCUT2D eigenvalue weighted by Gasteiger charge is 2.22. The molecule has 0 spiro atoms. The highest BCUT2D eigenvalue weighted by molar-refractivity contribution is 5.75. The van der Waals surface area contributed by atoms with Crippen molar-refractivity contribution in [1.82, 2.24) is 0 Å². The second kappa shape index (κ2) is 7.52. The van der Waals surface area contributed by atoms with E-state index < -0.39 is 17.0 Å². The lowest BCUT2D eigenvalue weighted by Gasteiger charge is -2.14. The number of Topliss-reactive ketones (excluding diaryl/α,β-unsaturated/α-hetero) is 1. The van der Waals surface area contributed by atoms with E-state index in [-0.39, 0.29) is 17.9 Å². The Bertz CT molecular complexity index is 553. The maximum Gasteiger partial charge on any atom is 0.306 e. The van der Waals surface area contributed by atoms with Gasteiger partial charge in [-0.15, -0.1) is 0 Å². The van der Waals surface area contributed by atoms with Crippen molar-refractivity contribution in [2.24, 2.45) is 0 Å².